The van der Waals surface area contributed by atoms with Gasteiger partial charge in [0.25, 0.3) is 0 Å². The maximum atomic E-state index is 11.8. The lowest BCUT2D eigenvalue weighted by molar-refractivity contribution is 0.541. The molecular formula is C26H34N2O2S. The third-order valence-corrected chi connectivity index (χ3v) is 7.61. The molecule has 1 aliphatic rings. The summed E-state index contributed by atoms with van der Waals surface area (Å²) in [5.74, 6) is 0. The van der Waals surface area contributed by atoms with Gasteiger partial charge in [0.1, 0.15) is 0 Å². The van der Waals surface area contributed by atoms with Crippen LogP contribution in [0.2, 0.25) is 0 Å². The molecule has 0 radical (unpaired) electrons. The molecule has 166 valence electrons. The Morgan fingerprint density at radius 1 is 0.935 bits per heavy atom. The van der Waals surface area contributed by atoms with Crippen LogP contribution in [0, 0.1) is 0 Å². The Hall–Kier alpha value is -2.11. The van der Waals surface area contributed by atoms with Crippen LogP contribution >= 0.6 is 0 Å². The predicted molar refractivity (Wildman–Crippen MR) is 129 cm³/mol. The summed E-state index contributed by atoms with van der Waals surface area (Å²) in [7, 11) is -3.17. The minimum absolute atomic E-state index is 0.365. The smallest absolute Gasteiger partial charge is 0.175 e. The summed E-state index contributed by atoms with van der Waals surface area (Å²) in [5.41, 5.74) is 6.45. The fourth-order valence-electron chi connectivity index (χ4n) is 4.76. The molecule has 1 N–H and O–H groups in total. The normalized spacial score (nSPS) is 14.1. The molecule has 0 aliphatic carbocycles. The summed E-state index contributed by atoms with van der Waals surface area (Å²) < 4.78 is 26.1. The topological polar surface area (TPSA) is 51.1 Å². The first-order valence-corrected chi connectivity index (χ1v) is 13.5. The SMILES string of the molecule is CCCCCCCCn1c2c(c3cc(-c4ccc(S(C)(=O)=O)cc4)ccc31)CNCC2. The van der Waals surface area contributed by atoms with E-state index >= 15 is 0 Å². The van der Waals surface area contributed by atoms with Crippen molar-refractivity contribution >= 4 is 20.7 Å². The molecule has 4 rings (SSSR count). The first-order chi connectivity index (χ1) is 15.0. The molecule has 31 heavy (non-hydrogen) atoms. The minimum Gasteiger partial charge on any atom is -0.344 e. The van der Waals surface area contributed by atoms with Gasteiger partial charge in [-0.15, -0.1) is 0 Å². The lowest BCUT2D eigenvalue weighted by atomic mass is 10.0. The van der Waals surface area contributed by atoms with Crippen molar-refractivity contribution in [3.8, 4) is 11.1 Å². The highest BCUT2D eigenvalue weighted by molar-refractivity contribution is 7.90. The van der Waals surface area contributed by atoms with Crippen molar-refractivity contribution in [1.29, 1.82) is 0 Å². The number of rotatable bonds is 9. The molecule has 1 aliphatic heterocycles. The third-order valence-electron chi connectivity index (χ3n) is 6.48. The van der Waals surface area contributed by atoms with Crippen molar-refractivity contribution < 1.29 is 8.42 Å². The van der Waals surface area contributed by atoms with Crippen LogP contribution < -0.4 is 5.32 Å². The van der Waals surface area contributed by atoms with Gasteiger partial charge < -0.3 is 9.88 Å². The van der Waals surface area contributed by atoms with Gasteiger partial charge in [0.05, 0.1) is 4.90 Å². The van der Waals surface area contributed by atoms with Crippen molar-refractivity contribution in [3.63, 3.8) is 0 Å². The highest BCUT2D eigenvalue weighted by Crippen LogP contribution is 2.33. The lowest BCUT2D eigenvalue weighted by Gasteiger charge is -2.17. The van der Waals surface area contributed by atoms with Crippen LogP contribution in [-0.2, 0) is 29.3 Å². The molecule has 4 nitrogen and oxygen atoms in total. The van der Waals surface area contributed by atoms with Gasteiger partial charge in [-0.1, -0.05) is 57.2 Å². The zero-order valence-corrected chi connectivity index (χ0v) is 19.6. The highest BCUT2D eigenvalue weighted by Gasteiger charge is 2.20. The van der Waals surface area contributed by atoms with E-state index in [1.165, 1.54) is 66.9 Å². The monoisotopic (exact) mass is 438 g/mol. The number of sulfone groups is 1. The Morgan fingerprint density at radius 3 is 2.39 bits per heavy atom. The molecule has 0 spiro atoms. The van der Waals surface area contributed by atoms with Gasteiger partial charge in [0, 0.05) is 48.9 Å². The number of aromatic nitrogens is 1. The summed E-state index contributed by atoms with van der Waals surface area (Å²) in [6.07, 6.45) is 10.2. The van der Waals surface area contributed by atoms with Crippen molar-refractivity contribution in [2.24, 2.45) is 0 Å². The van der Waals surface area contributed by atoms with Gasteiger partial charge in [-0.05, 0) is 47.4 Å². The summed E-state index contributed by atoms with van der Waals surface area (Å²) in [5, 5.41) is 4.87. The fraction of sp³-hybridized carbons (Fsp3) is 0.462. The van der Waals surface area contributed by atoms with Crippen LogP contribution in [0.3, 0.4) is 0 Å². The molecular weight excluding hydrogens is 404 g/mol. The summed E-state index contributed by atoms with van der Waals surface area (Å²) in [6, 6.07) is 13.9. The quantitative estimate of drug-likeness (QED) is 0.435. The molecule has 3 aromatic rings. The van der Waals surface area contributed by atoms with Crippen LogP contribution in [-0.4, -0.2) is 25.8 Å². The zero-order valence-electron chi connectivity index (χ0n) is 18.8. The van der Waals surface area contributed by atoms with E-state index in [9.17, 15) is 8.42 Å². The standard InChI is InChI=1S/C26H34N2O2S/c1-3-4-5-6-7-8-17-28-25-14-11-21(18-23(25)24-19-27-16-15-26(24)28)20-9-12-22(13-10-20)31(2,29)30/h9-14,18,27H,3-8,15-17,19H2,1-2H3. The molecule has 0 bridgehead atoms. The molecule has 0 fully saturated rings. The Balaban J connectivity index is 1.62. The maximum Gasteiger partial charge on any atom is 0.175 e. The van der Waals surface area contributed by atoms with Crippen molar-refractivity contribution in [2.75, 3.05) is 12.8 Å². The second-order valence-corrected chi connectivity index (χ2v) is 10.8. The maximum absolute atomic E-state index is 11.8. The molecule has 1 aromatic heterocycles. The van der Waals surface area contributed by atoms with Gasteiger partial charge in [-0.25, -0.2) is 8.42 Å². The molecule has 2 aromatic carbocycles. The van der Waals surface area contributed by atoms with Crippen LogP contribution in [0.15, 0.2) is 47.4 Å². The molecule has 0 unspecified atom stereocenters. The molecule has 2 heterocycles. The van der Waals surface area contributed by atoms with Crippen LogP contribution in [0.5, 0.6) is 0 Å². The molecule has 0 amide bonds. The van der Waals surface area contributed by atoms with E-state index in [1.54, 1.807) is 12.1 Å². The van der Waals surface area contributed by atoms with Crippen LogP contribution in [0.4, 0.5) is 0 Å². The number of hydrogen-bond acceptors (Lipinski definition) is 3. The first-order valence-electron chi connectivity index (χ1n) is 11.6. The van der Waals surface area contributed by atoms with E-state index in [4.69, 9.17) is 0 Å². The fourth-order valence-corrected chi connectivity index (χ4v) is 5.39. The van der Waals surface area contributed by atoms with Gasteiger partial charge in [-0.3, -0.25) is 0 Å². The van der Waals surface area contributed by atoms with Crippen molar-refractivity contribution in [2.45, 2.75) is 69.9 Å². The first kappa shape index (κ1) is 22.1. The van der Waals surface area contributed by atoms with Crippen molar-refractivity contribution in [1.82, 2.24) is 9.88 Å². The second kappa shape index (κ2) is 9.58. The van der Waals surface area contributed by atoms with Crippen LogP contribution in [0.1, 0.15) is 56.7 Å². The second-order valence-electron chi connectivity index (χ2n) is 8.80. The average Bonchev–Trinajstić information content (AvgIpc) is 3.09. The van der Waals surface area contributed by atoms with E-state index < -0.39 is 9.84 Å². The van der Waals surface area contributed by atoms with E-state index in [0.29, 0.717) is 4.90 Å². The number of fused-ring (bicyclic) bond motifs is 3. The summed E-state index contributed by atoms with van der Waals surface area (Å²) in [4.78, 5) is 0.365. The third kappa shape index (κ3) is 4.88. The van der Waals surface area contributed by atoms with E-state index in [1.807, 2.05) is 12.1 Å². The van der Waals surface area contributed by atoms with E-state index in [-0.39, 0.29) is 0 Å². The zero-order chi connectivity index (χ0) is 21.8. The largest absolute Gasteiger partial charge is 0.344 e. The Labute approximate surface area is 186 Å². The number of aryl methyl sites for hydroxylation is 1. The number of nitrogens with zero attached hydrogens (tertiary/aromatic N) is 1. The van der Waals surface area contributed by atoms with Crippen LogP contribution in [0.25, 0.3) is 22.0 Å². The van der Waals surface area contributed by atoms with Gasteiger partial charge >= 0.3 is 0 Å². The molecule has 5 heteroatoms. The van der Waals surface area contributed by atoms with Gasteiger partial charge in [0.15, 0.2) is 9.84 Å². The summed E-state index contributed by atoms with van der Waals surface area (Å²) >= 11 is 0. The van der Waals surface area contributed by atoms with Gasteiger partial charge in [-0.2, -0.15) is 0 Å². The Kier molecular flexibility index (Phi) is 6.83. The van der Waals surface area contributed by atoms with Gasteiger partial charge in [0.2, 0.25) is 0 Å². The summed E-state index contributed by atoms with van der Waals surface area (Å²) in [6.45, 7) is 5.33. The highest BCUT2D eigenvalue weighted by atomic mass is 32.2. The predicted octanol–water partition coefficient (Wildman–Crippen LogP) is 5.72. The number of benzene rings is 2. The average molecular weight is 439 g/mol. The lowest BCUT2D eigenvalue weighted by Crippen LogP contribution is -2.24. The Morgan fingerprint density at radius 2 is 1.65 bits per heavy atom. The van der Waals surface area contributed by atoms with E-state index in [0.717, 1.165) is 37.2 Å². The Bertz CT molecular complexity index is 1140. The molecule has 0 saturated carbocycles. The number of hydrogen-bond donors (Lipinski definition) is 1. The molecule has 0 saturated heterocycles. The number of nitrogens with one attached hydrogen (secondary N) is 1. The number of unbranched alkanes of at least 4 members (excludes halogenated alkanes) is 5. The minimum atomic E-state index is -3.17. The van der Waals surface area contributed by atoms with Crippen molar-refractivity contribution in [3.05, 3.63) is 53.7 Å². The molecule has 0 atom stereocenters. The van der Waals surface area contributed by atoms with E-state index in [2.05, 4.69) is 35.0 Å².